The number of hydrogen-bond donors (Lipinski definition) is 1. The van der Waals surface area contributed by atoms with Crippen molar-refractivity contribution in [2.75, 3.05) is 0 Å². The predicted octanol–water partition coefficient (Wildman–Crippen LogP) is 3.34. The third-order valence-electron chi connectivity index (χ3n) is 3.71. The highest BCUT2D eigenvalue weighted by atomic mass is 32.2. The highest BCUT2D eigenvalue weighted by molar-refractivity contribution is 8.15. The van der Waals surface area contributed by atoms with Crippen LogP contribution in [0.2, 0.25) is 0 Å². The fourth-order valence-corrected chi connectivity index (χ4v) is 3.66. The second-order valence-corrected chi connectivity index (χ2v) is 6.84. The molecule has 4 heteroatoms. The molecule has 0 aromatic carbocycles. The van der Waals surface area contributed by atoms with Crippen LogP contribution in [0.1, 0.15) is 58.8 Å². The van der Waals surface area contributed by atoms with Crippen molar-refractivity contribution in [3.05, 3.63) is 0 Å². The molecule has 0 spiro atoms. The Morgan fingerprint density at radius 2 is 1.78 bits per heavy atom. The van der Waals surface area contributed by atoms with Crippen molar-refractivity contribution >= 4 is 22.8 Å². The van der Waals surface area contributed by atoms with Crippen LogP contribution in [0.5, 0.6) is 0 Å². The van der Waals surface area contributed by atoms with E-state index in [1.165, 1.54) is 44.9 Å². The van der Waals surface area contributed by atoms with Crippen LogP contribution in [0.4, 0.5) is 0 Å². The number of nitrogens with one attached hydrogen (secondary N) is 1. The summed E-state index contributed by atoms with van der Waals surface area (Å²) in [5.74, 6) is 0.514. The summed E-state index contributed by atoms with van der Waals surface area (Å²) in [6.45, 7) is 4.19. The lowest BCUT2D eigenvalue weighted by atomic mass is 9.97. The highest BCUT2D eigenvalue weighted by Crippen LogP contribution is 2.27. The molecule has 102 valence electrons. The number of nitrogens with zero attached hydrogens (tertiary/aromatic N) is 1. The van der Waals surface area contributed by atoms with Crippen molar-refractivity contribution in [2.24, 2.45) is 10.9 Å². The Morgan fingerprint density at radius 3 is 2.33 bits per heavy atom. The van der Waals surface area contributed by atoms with Gasteiger partial charge in [-0.2, -0.15) is 0 Å². The van der Waals surface area contributed by atoms with Crippen molar-refractivity contribution in [1.29, 1.82) is 0 Å². The summed E-state index contributed by atoms with van der Waals surface area (Å²) in [6.07, 6.45) is 9.01. The SMILES string of the molecule is CC(C)C1SC(=NC2CCCCCCC2)NC1=O. The molecule has 1 aliphatic heterocycles. The van der Waals surface area contributed by atoms with Gasteiger partial charge in [0, 0.05) is 0 Å². The summed E-state index contributed by atoms with van der Waals surface area (Å²) >= 11 is 1.62. The zero-order valence-electron chi connectivity index (χ0n) is 11.4. The topological polar surface area (TPSA) is 41.5 Å². The van der Waals surface area contributed by atoms with Gasteiger partial charge in [-0.25, -0.2) is 0 Å². The first kappa shape index (κ1) is 13.9. The Morgan fingerprint density at radius 1 is 1.17 bits per heavy atom. The van der Waals surface area contributed by atoms with Crippen LogP contribution in [-0.4, -0.2) is 22.4 Å². The van der Waals surface area contributed by atoms with Crippen LogP contribution >= 0.6 is 11.8 Å². The maximum Gasteiger partial charge on any atom is 0.239 e. The minimum atomic E-state index is 0.0531. The lowest BCUT2D eigenvalue weighted by Gasteiger charge is -2.16. The van der Waals surface area contributed by atoms with Gasteiger partial charge in [-0.1, -0.05) is 57.7 Å². The zero-order valence-corrected chi connectivity index (χ0v) is 12.3. The molecule has 1 saturated carbocycles. The smallest absolute Gasteiger partial charge is 0.239 e. The number of rotatable bonds is 2. The van der Waals surface area contributed by atoms with Gasteiger partial charge in [0.25, 0.3) is 0 Å². The fourth-order valence-electron chi connectivity index (χ4n) is 2.61. The van der Waals surface area contributed by atoms with Crippen molar-refractivity contribution in [3.63, 3.8) is 0 Å². The third-order valence-corrected chi connectivity index (χ3v) is 5.15. The molecule has 0 aromatic rings. The number of carbonyl (C=O) groups is 1. The van der Waals surface area contributed by atoms with Gasteiger partial charge in [0.2, 0.25) is 5.91 Å². The normalized spacial score (nSPS) is 29.4. The molecule has 2 fully saturated rings. The van der Waals surface area contributed by atoms with Gasteiger partial charge in [0.15, 0.2) is 5.17 Å². The fraction of sp³-hybridized carbons (Fsp3) is 0.857. The minimum Gasteiger partial charge on any atom is -0.304 e. The summed E-state index contributed by atoms with van der Waals surface area (Å²) in [7, 11) is 0. The molecule has 1 amide bonds. The van der Waals surface area contributed by atoms with Crippen LogP contribution in [0.3, 0.4) is 0 Å². The van der Waals surface area contributed by atoms with Gasteiger partial charge in [-0.15, -0.1) is 0 Å². The Labute approximate surface area is 114 Å². The van der Waals surface area contributed by atoms with Crippen molar-refractivity contribution < 1.29 is 4.79 Å². The molecule has 1 heterocycles. The zero-order chi connectivity index (χ0) is 13.0. The third kappa shape index (κ3) is 3.74. The molecule has 1 unspecified atom stereocenters. The van der Waals surface area contributed by atoms with E-state index in [0.717, 1.165) is 5.17 Å². The van der Waals surface area contributed by atoms with Crippen molar-refractivity contribution in [2.45, 2.75) is 70.1 Å². The molecule has 0 aromatic heterocycles. The highest BCUT2D eigenvalue weighted by Gasteiger charge is 2.32. The average Bonchev–Trinajstić information content (AvgIpc) is 2.63. The summed E-state index contributed by atoms with van der Waals surface area (Å²) in [5.41, 5.74) is 0. The summed E-state index contributed by atoms with van der Waals surface area (Å²) < 4.78 is 0. The first-order valence-corrected chi connectivity index (χ1v) is 8.10. The summed E-state index contributed by atoms with van der Waals surface area (Å²) in [5, 5.41) is 3.86. The number of thioether (sulfide) groups is 1. The second-order valence-electron chi connectivity index (χ2n) is 5.70. The van der Waals surface area contributed by atoms with Crippen LogP contribution in [0.25, 0.3) is 0 Å². The van der Waals surface area contributed by atoms with Gasteiger partial charge < -0.3 is 5.32 Å². The minimum absolute atomic E-state index is 0.0531. The monoisotopic (exact) mass is 268 g/mol. The van der Waals surface area contributed by atoms with Crippen LogP contribution in [-0.2, 0) is 4.79 Å². The molecule has 0 radical (unpaired) electrons. The molecule has 2 rings (SSSR count). The van der Waals surface area contributed by atoms with E-state index in [1.54, 1.807) is 11.8 Å². The Hall–Kier alpha value is -0.510. The number of carbonyl (C=O) groups excluding carboxylic acids is 1. The molecule has 1 N–H and O–H groups in total. The van der Waals surface area contributed by atoms with Gasteiger partial charge in [0.1, 0.15) is 0 Å². The Bertz CT molecular complexity index is 320. The number of amides is 1. The Kier molecular flexibility index (Phi) is 5.10. The quantitative estimate of drug-likeness (QED) is 0.834. The molecular weight excluding hydrogens is 244 g/mol. The summed E-state index contributed by atoms with van der Waals surface area (Å²) in [6, 6.07) is 0.430. The number of aliphatic imine (C=N–C) groups is 1. The average molecular weight is 268 g/mol. The molecule has 18 heavy (non-hydrogen) atoms. The van der Waals surface area contributed by atoms with E-state index < -0.39 is 0 Å². The van der Waals surface area contributed by atoms with Crippen LogP contribution < -0.4 is 5.32 Å². The van der Waals surface area contributed by atoms with Gasteiger partial charge in [-0.3, -0.25) is 9.79 Å². The lowest BCUT2D eigenvalue weighted by Crippen LogP contribution is -2.28. The number of amidine groups is 1. The van der Waals surface area contributed by atoms with E-state index in [4.69, 9.17) is 4.99 Å². The molecular formula is C14H24N2OS. The van der Waals surface area contributed by atoms with Crippen molar-refractivity contribution in [1.82, 2.24) is 5.32 Å². The number of hydrogen-bond acceptors (Lipinski definition) is 3. The molecule has 3 nitrogen and oxygen atoms in total. The first-order chi connectivity index (χ1) is 8.66. The summed E-state index contributed by atoms with van der Waals surface area (Å²) in [4.78, 5) is 16.5. The second kappa shape index (κ2) is 6.60. The van der Waals surface area contributed by atoms with E-state index in [0.29, 0.717) is 12.0 Å². The molecule has 1 saturated heterocycles. The Balaban J connectivity index is 1.94. The molecule has 1 atom stereocenters. The van der Waals surface area contributed by atoms with Crippen LogP contribution in [0.15, 0.2) is 4.99 Å². The van der Waals surface area contributed by atoms with E-state index >= 15 is 0 Å². The largest absolute Gasteiger partial charge is 0.304 e. The van der Waals surface area contributed by atoms with Crippen molar-refractivity contribution in [3.8, 4) is 0 Å². The molecule has 1 aliphatic carbocycles. The van der Waals surface area contributed by atoms with E-state index in [9.17, 15) is 4.79 Å². The van der Waals surface area contributed by atoms with E-state index in [2.05, 4.69) is 19.2 Å². The van der Waals surface area contributed by atoms with Crippen LogP contribution in [0, 0.1) is 5.92 Å². The maximum absolute atomic E-state index is 11.8. The first-order valence-electron chi connectivity index (χ1n) is 7.22. The van der Waals surface area contributed by atoms with E-state index in [1.807, 2.05) is 0 Å². The predicted molar refractivity (Wildman–Crippen MR) is 77.9 cm³/mol. The van der Waals surface area contributed by atoms with Gasteiger partial charge in [-0.05, 0) is 18.8 Å². The van der Waals surface area contributed by atoms with Gasteiger partial charge in [0.05, 0.1) is 11.3 Å². The molecule has 2 aliphatic rings. The lowest BCUT2D eigenvalue weighted by molar-refractivity contribution is -0.119. The van der Waals surface area contributed by atoms with E-state index in [-0.39, 0.29) is 11.2 Å². The standard InChI is InChI=1S/C14H24N2OS/c1-10(2)12-13(17)16-14(18-12)15-11-8-6-4-3-5-7-9-11/h10-12H,3-9H2,1-2H3,(H,15,16,17). The van der Waals surface area contributed by atoms with Gasteiger partial charge >= 0.3 is 0 Å². The maximum atomic E-state index is 11.8. The molecule has 0 bridgehead atoms.